The zero-order valence-electron chi connectivity index (χ0n) is 23.6. The maximum absolute atomic E-state index is 6.60. The molecule has 1 aromatic carbocycles. The molecule has 0 aromatic heterocycles. The Labute approximate surface area is 207 Å². The fraction of sp³-hybridized carbons (Fsp3) is 0.806. The van der Waals surface area contributed by atoms with Crippen molar-refractivity contribution in [2.45, 2.75) is 145 Å². The molecule has 2 aliphatic rings. The first-order valence-corrected chi connectivity index (χ1v) is 14.2. The van der Waals surface area contributed by atoms with Crippen molar-refractivity contribution in [2.24, 2.45) is 17.3 Å². The van der Waals surface area contributed by atoms with Crippen LogP contribution in [0.2, 0.25) is 0 Å². The van der Waals surface area contributed by atoms with Gasteiger partial charge in [-0.2, -0.15) is 0 Å². The summed E-state index contributed by atoms with van der Waals surface area (Å²) < 4.78 is 13.0. The zero-order chi connectivity index (χ0) is 24.9. The average molecular weight is 461 g/mol. The first-order valence-electron chi connectivity index (χ1n) is 14.2. The molecule has 33 heavy (non-hydrogen) atoms. The maximum atomic E-state index is 6.60. The van der Waals surface area contributed by atoms with Crippen molar-refractivity contribution in [3.8, 4) is 5.75 Å². The lowest BCUT2D eigenvalue weighted by atomic mass is 9.70. The van der Waals surface area contributed by atoms with Crippen LogP contribution in [-0.4, -0.2) is 12.4 Å². The van der Waals surface area contributed by atoms with Crippen LogP contribution in [0.5, 0.6) is 5.75 Å². The van der Waals surface area contributed by atoms with E-state index in [1.54, 1.807) is 0 Å². The lowest BCUT2D eigenvalue weighted by molar-refractivity contribution is -0.152. The Morgan fingerprint density at radius 1 is 0.879 bits per heavy atom. The third kappa shape index (κ3) is 11.3. The van der Waals surface area contributed by atoms with Crippen LogP contribution in [-0.2, 0) is 4.74 Å². The van der Waals surface area contributed by atoms with Gasteiger partial charge in [-0.3, -0.25) is 0 Å². The highest BCUT2D eigenvalue weighted by molar-refractivity contribution is 5.29. The van der Waals surface area contributed by atoms with E-state index in [-0.39, 0.29) is 11.7 Å². The second kappa shape index (κ2) is 15.8. The Morgan fingerprint density at radius 2 is 1.45 bits per heavy atom. The van der Waals surface area contributed by atoms with Crippen molar-refractivity contribution in [3.05, 3.63) is 29.8 Å². The molecule has 5 atom stereocenters. The van der Waals surface area contributed by atoms with Gasteiger partial charge in [0.15, 0.2) is 0 Å². The molecule has 5 unspecified atom stereocenters. The standard InChI is InChI=1S/C26H42O2.C3H8.C2H6/c1-6-19(2)20-11-14-23(15-12-20)27-25(18-26(3,4)5)28-24-16-13-21-9-7-8-10-22(21)17-24;1-3-2;1-2/h11-12,14-15,19,21-22,24-25H,6-10,13,16-18H2,1-5H3;3H2,1-2H3;1-2H3. The van der Waals surface area contributed by atoms with Gasteiger partial charge >= 0.3 is 0 Å². The molecule has 1 aromatic rings. The van der Waals surface area contributed by atoms with Gasteiger partial charge in [-0.25, -0.2) is 0 Å². The van der Waals surface area contributed by atoms with Crippen molar-refractivity contribution in [1.29, 1.82) is 0 Å². The average Bonchev–Trinajstić information content (AvgIpc) is 2.80. The largest absolute Gasteiger partial charge is 0.465 e. The maximum Gasteiger partial charge on any atom is 0.200 e. The van der Waals surface area contributed by atoms with Crippen molar-refractivity contribution in [3.63, 3.8) is 0 Å². The number of ether oxygens (including phenoxy) is 2. The minimum atomic E-state index is -0.153. The summed E-state index contributed by atoms with van der Waals surface area (Å²) >= 11 is 0. The summed E-state index contributed by atoms with van der Waals surface area (Å²) in [7, 11) is 0. The van der Waals surface area contributed by atoms with Gasteiger partial charge in [-0.15, -0.1) is 0 Å². The molecule has 0 spiro atoms. The van der Waals surface area contributed by atoms with Crippen LogP contribution in [0, 0.1) is 17.3 Å². The zero-order valence-corrected chi connectivity index (χ0v) is 23.6. The predicted molar refractivity (Wildman–Crippen MR) is 145 cm³/mol. The second-order valence-corrected chi connectivity index (χ2v) is 11.3. The minimum absolute atomic E-state index is 0.153. The van der Waals surface area contributed by atoms with Crippen molar-refractivity contribution >= 4 is 0 Å². The molecule has 192 valence electrons. The van der Waals surface area contributed by atoms with Gasteiger partial charge in [-0.1, -0.05) is 107 Å². The number of rotatable bonds is 7. The molecule has 0 heterocycles. The van der Waals surface area contributed by atoms with E-state index >= 15 is 0 Å². The topological polar surface area (TPSA) is 18.5 Å². The monoisotopic (exact) mass is 460 g/mol. The second-order valence-electron chi connectivity index (χ2n) is 11.3. The van der Waals surface area contributed by atoms with E-state index < -0.39 is 0 Å². The van der Waals surface area contributed by atoms with Gasteiger partial charge in [0, 0.05) is 6.42 Å². The molecule has 0 radical (unpaired) electrons. The first kappa shape index (κ1) is 30.0. The molecule has 3 rings (SSSR count). The summed E-state index contributed by atoms with van der Waals surface area (Å²) in [5.74, 6) is 3.38. The molecule has 2 aliphatic carbocycles. The summed E-state index contributed by atoms with van der Waals surface area (Å²) in [5, 5.41) is 0. The lowest BCUT2D eigenvalue weighted by Crippen LogP contribution is -2.37. The molecule has 0 bridgehead atoms. The molecular formula is C31H56O2. The Bertz CT molecular complexity index is 600. The van der Waals surface area contributed by atoms with Gasteiger partial charge in [0.2, 0.25) is 6.29 Å². The van der Waals surface area contributed by atoms with Crippen molar-refractivity contribution in [2.75, 3.05) is 0 Å². The van der Waals surface area contributed by atoms with Gasteiger partial charge < -0.3 is 9.47 Å². The minimum Gasteiger partial charge on any atom is -0.465 e. The summed E-state index contributed by atoms with van der Waals surface area (Å²) in [5.41, 5.74) is 1.57. The van der Waals surface area contributed by atoms with Gasteiger partial charge in [0.1, 0.15) is 5.75 Å². The number of benzene rings is 1. The Kier molecular flexibility index (Phi) is 14.4. The van der Waals surface area contributed by atoms with E-state index in [1.165, 1.54) is 63.4 Å². The Hall–Kier alpha value is -1.02. The molecule has 0 aliphatic heterocycles. The van der Waals surface area contributed by atoms with Gasteiger partial charge in [0.25, 0.3) is 0 Å². The highest BCUT2D eigenvalue weighted by Gasteiger charge is 2.34. The summed E-state index contributed by atoms with van der Waals surface area (Å²) in [6.07, 6.45) is 13.1. The molecule has 2 saturated carbocycles. The third-order valence-corrected chi connectivity index (χ3v) is 6.94. The first-order chi connectivity index (χ1) is 15.8. The van der Waals surface area contributed by atoms with Crippen LogP contribution in [0.15, 0.2) is 24.3 Å². The van der Waals surface area contributed by atoms with Crippen molar-refractivity contribution < 1.29 is 9.47 Å². The summed E-state index contributed by atoms with van der Waals surface area (Å²) in [4.78, 5) is 0. The normalized spacial score (nSPS) is 24.2. The molecule has 2 heteroatoms. The van der Waals surface area contributed by atoms with E-state index in [0.29, 0.717) is 12.0 Å². The van der Waals surface area contributed by atoms with Crippen LogP contribution < -0.4 is 4.74 Å². The van der Waals surface area contributed by atoms with E-state index in [4.69, 9.17) is 9.47 Å². The fourth-order valence-corrected chi connectivity index (χ4v) is 5.05. The SMILES string of the molecule is CC.CCC.CCC(C)c1ccc(OC(CC(C)(C)C)OC2CCC3CCCCC3C2)cc1. The van der Waals surface area contributed by atoms with E-state index in [9.17, 15) is 0 Å². The molecular weight excluding hydrogens is 404 g/mol. The smallest absolute Gasteiger partial charge is 0.200 e. The molecule has 0 saturated heterocycles. The van der Waals surface area contributed by atoms with E-state index in [1.807, 2.05) is 13.8 Å². The summed E-state index contributed by atoms with van der Waals surface area (Å²) in [6, 6.07) is 8.67. The lowest BCUT2D eigenvalue weighted by Gasteiger charge is -2.40. The number of hydrogen-bond acceptors (Lipinski definition) is 2. The Balaban J connectivity index is 0.00000101. The van der Waals surface area contributed by atoms with Crippen LogP contribution in [0.25, 0.3) is 0 Å². The van der Waals surface area contributed by atoms with Crippen LogP contribution in [0.3, 0.4) is 0 Å². The number of hydrogen-bond donors (Lipinski definition) is 0. The van der Waals surface area contributed by atoms with E-state index in [2.05, 4.69) is 72.7 Å². The highest BCUT2D eigenvalue weighted by atomic mass is 16.7. The van der Waals surface area contributed by atoms with Crippen molar-refractivity contribution in [1.82, 2.24) is 0 Å². The molecule has 2 nitrogen and oxygen atoms in total. The van der Waals surface area contributed by atoms with Gasteiger partial charge in [-0.05, 0) is 66.5 Å². The Morgan fingerprint density at radius 3 is 2.00 bits per heavy atom. The number of fused-ring (bicyclic) bond motifs is 1. The molecule has 2 fully saturated rings. The van der Waals surface area contributed by atoms with E-state index in [0.717, 1.165) is 24.0 Å². The molecule has 0 N–H and O–H groups in total. The molecule has 0 amide bonds. The van der Waals surface area contributed by atoms with Crippen LogP contribution >= 0.6 is 0 Å². The van der Waals surface area contributed by atoms with Crippen LogP contribution in [0.4, 0.5) is 0 Å². The van der Waals surface area contributed by atoms with Crippen LogP contribution in [0.1, 0.15) is 138 Å². The highest BCUT2D eigenvalue weighted by Crippen LogP contribution is 2.42. The third-order valence-electron chi connectivity index (χ3n) is 6.94. The van der Waals surface area contributed by atoms with Gasteiger partial charge in [0.05, 0.1) is 6.10 Å². The predicted octanol–water partition coefficient (Wildman–Crippen LogP) is 10.2. The quantitative estimate of drug-likeness (QED) is 0.377. The fourth-order valence-electron chi connectivity index (χ4n) is 5.05. The summed E-state index contributed by atoms with van der Waals surface area (Å²) in [6.45, 7) is 19.6.